The Morgan fingerprint density at radius 1 is 1.10 bits per heavy atom. The minimum atomic E-state index is -0.518. The highest BCUT2D eigenvalue weighted by Gasteiger charge is 2.19. The second kappa shape index (κ2) is 11.2. The summed E-state index contributed by atoms with van der Waals surface area (Å²) in [5, 5.41) is 10.7. The van der Waals surface area contributed by atoms with Gasteiger partial charge in [-0.2, -0.15) is 5.10 Å². The Morgan fingerprint density at radius 3 is 2.70 bits per heavy atom. The van der Waals surface area contributed by atoms with Crippen LogP contribution in [0.15, 0.2) is 73.1 Å². The van der Waals surface area contributed by atoms with Gasteiger partial charge >= 0.3 is 0 Å². The molecule has 2 N–H and O–H groups in total. The van der Waals surface area contributed by atoms with Crippen molar-refractivity contribution < 1.29 is 9.18 Å². The SMILES string of the molecule is CC(=O)Nc1cc(-c2nn3ccccc3c2-c2ccnc(Nc3ccc(C)c(CC(C)N(C)C)c3)n2)ccc1F. The highest BCUT2D eigenvalue weighted by molar-refractivity contribution is 5.93. The number of nitrogens with one attached hydrogen (secondary N) is 2. The van der Waals surface area contributed by atoms with Crippen molar-refractivity contribution in [3.05, 3.63) is 90.0 Å². The number of rotatable bonds is 8. The van der Waals surface area contributed by atoms with Crippen LogP contribution in [0.5, 0.6) is 0 Å². The predicted octanol–water partition coefficient (Wildman–Crippen LogP) is 6.10. The number of carbonyl (C=O) groups is 1. The third kappa shape index (κ3) is 5.69. The second-order valence-electron chi connectivity index (χ2n) is 10.2. The highest BCUT2D eigenvalue weighted by atomic mass is 19.1. The molecule has 2 aromatic carbocycles. The molecule has 5 aromatic rings. The number of aryl methyl sites for hydroxylation is 1. The lowest BCUT2D eigenvalue weighted by molar-refractivity contribution is -0.114. The average molecular weight is 538 g/mol. The first-order valence-corrected chi connectivity index (χ1v) is 13.1. The molecule has 9 heteroatoms. The molecule has 8 nitrogen and oxygen atoms in total. The molecular formula is C31H32FN7O. The normalized spacial score (nSPS) is 12.1. The van der Waals surface area contributed by atoms with Crippen LogP contribution in [0, 0.1) is 12.7 Å². The lowest BCUT2D eigenvalue weighted by Gasteiger charge is -2.21. The van der Waals surface area contributed by atoms with Gasteiger partial charge in [0.15, 0.2) is 0 Å². The minimum Gasteiger partial charge on any atom is -0.324 e. The number of carbonyl (C=O) groups excluding carboxylic acids is 1. The number of pyridine rings is 1. The van der Waals surface area contributed by atoms with E-state index in [0.717, 1.165) is 23.2 Å². The molecule has 0 aliphatic carbocycles. The summed E-state index contributed by atoms with van der Waals surface area (Å²) in [5.74, 6) is -0.421. The summed E-state index contributed by atoms with van der Waals surface area (Å²) in [6.45, 7) is 5.68. The number of anilines is 3. The zero-order valence-corrected chi connectivity index (χ0v) is 23.2. The van der Waals surface area contributed by atoms with E-state index in [1.165, 1.54) is 24.1 Å². The third-order valence-electron chi connectivity index (χ3n) is 7.00. The molecule has 0 bridgehead atoms. The maximum atomic E-state index is 14.4. The number of amides is 1. The van der Waals surface area contributed by atoms with Crippen LogP contribution in [-0.4, -0.2) is 50.5 Å². The van der Waals surface area contributed by atoms with Gasteiger partial charge in [-0.3, -0.25) is 4.79 Å². The molecular weight excluding hydrogens is 505 g/mol. The first-order chi connectivity index (χ1) is 19.2. The van der Waals surface area contributed by atoms with Gasteiger partial charge in [0.05, 0.1) is 22.5 Å². The van der Waals surface area contributed by atoms with Gasteiger partial charge in [0.1, 0.15) is 11.5 Å². The van der Waals surface area contributed by atoms with Crippen LogP contribution in [0.2, 0.25) is 0 Å². The van der Waals surface area contributed by atoms with E-state index in [1.807, 2.05) is 36.5 Å². The molecule has 5 rings (SSSR count). The summed E-state index contributed by atoms with van der Waals surface area (Å²) in [6, 6.07) is 18.8. The molecule has 0 saturated carbocycles. The minimum absolute atomic E-state index is 0.0943. The Morgan fingerprint density at radius 2 is 1.93 bits per heavy atom. The summed E-state index contributed by atoms with van der Waals surface area (Å²) >= 11 is 0. The fourth-order valence-corrected chi connectivity index (χ4v) is 4.57. The lowest BCUT2D eigenvalue weighted by Crippen LogP contribution is -2.26. The quantitative estimate of drug-likeness (QED) is 0.249. The molecule has 204 valence electrons. The van der Waals surface area contributed by atoms with Gasteiger partial charge in [-0.25, -0.2) is 18.9 Å². The van der Waals surface area contributed by atoms with Gasteiger partial charge in [-0.15, -0.1) is 0 Å². The van der Waals surface area contributed by atoms with Gasteiger partial charge in [0, 0.05) is 36.6 Å². The zero-order chi connectivity index (χ0) is 28.4. The van der Waals surface area contributed by atoms with Gasteiger partial charge in [0.25, 0.3) is 0 Å². The van der Waals surface area contributed by atoms with E-state index >= 15 is 0 Å². The van der Waals surface area contributed by atoms with Crippen LogP contribution in [0.3, 0.4) is 0 Å². The third-order valence-corrected chi connectivity index (χ3v) is 7.00. The maximum Gasteiger partial charge on any atom is 0.227 e. The maximum absolute atomic E-state index is 14.4. The van der Waals surface area contributed by atoms with Crippen LogP contribution in [-0.2, 0) is 11.2 Å². The van der Waals surface area contributed by atoms with E-state index in [9.17, 15) is 9.18 Å². The molecule has 0 spiro atoms. The van der Waals surface area contributed by atoms with Gasteiger partial charge in [-0.05, 0) is 94.0 Å². The summed E-state index contributed by atoms with van der Waals surface area (Å²) in [4.78, 5) is 23.2. The van der Waals surface area contributed by atoms with Crippen molar-refractivity contribution in [1.82, 2.24) is 24.5 Å². The molecule has 40 heavy (non-hydrogen) atoms. The summed E-state index contributed by atoms with van der Waals surface area (Å²) in [5.41, 5.74) is 7.03. The Balaban J connectivity index is 1.54. The van der Waals surface area contributed by atoms with Crippen molar-refractivity contribution in [2.75, 3.05) is 24.7 Å². The van der Waals surface area contributed by atoms with E-state index in [0.29, 0.717) is 28.9 Å². The van der Waals surface area contributed by atoms with E-state index in [4.69, 9.17) is 10.1 Å². The molecule has 0 radical (unpaired) electrons. The highest BCUT2D eigenvalue weighted by Crippen LogP contribution is 2.36. The Labute approximate surface area is 232 Å². The monoisotopic (exact) mass is 537 g/mol. The largest absolute Gasteiger partial charge is 0.324 e. The van der Waals surface area contributed by atoms with Crippen LogP contribution in [0.1, 0.15) is 25.0 Å². The number of nitrogens with zero attached hydrogens (tertiary/aromatic N) is 5. The fourth-order valence-electron chi connectivity index (χ4n) is 4.57. The van der Waals surface area contributed by atoms with Crippen molar-refractivity contribution in [3.63, 3.8) is 0 Å². The molecule has 0 saturated heterocycles. The first kappa shape index (κ1) is 27.0. The molecule has 0 aliphatic rings. The topological polar surface area (TPSA) is 87.5 Å². The van der Waals surface area contributed by atoms with Crippen LogP contribution in [0.4, 0.5) is 21.7 Å². The van der Waals surface area contributed by atoms with Crippen molar-refractivity contribution in [2.24, 2.45) is 0 Å². The number of aromatic nitrogens is 4. The number of likely N-dealkylation sites (N-methyl/N-ethyl adjacent to an activating group) is 1. The van der Waals surface area contributed by atoms with Gasteiger partial charge < -0.3 is 15.5 Å². The van der Waals surface area contributed by atoms with E-state index < -0.39 is 5.82 Å². The van der Waals surface area contributed by atoms with E-state index in [2.05, 4.69) is 60.6 Å². The van der Waals surface area contributed by atoms with Crippen LogP contribution >= 0.6 is 0 Å². The molecule has 0 fully saturated rings. The lowest BCUT2D eigenvalue weighted by atomic mass is 10.0. The van der Waals surface area contributed by atoms with Crippen molar-refractivity contribution in [3.8, 4) is 22.5 Å². The van der Waals surface area contributed by atoms with Crippen molar-refractivity contribution in [1.29, 1.82) is 0 Å². The molecule has 3 aromatic heterocycles. The van der Waals surface area contributed by atoms with Crippen LogP contribution in [0.25, 0.3) is 28.0 Å². The number of halogens is 1. The first-order valence-electron chi connectivity index (χ1n) is 13.1. The summed E-state index contributed by atoms with van der Waals surface area (Å²) in [7, 11) is 4.17. The number of hydrogen-bond donors (Lipinski definition) is 2. The van der Waals surface area contributed by atoms with Crippen molar-refractivity contribution >= 4 is 28.7 Å². The summed E-state index contributed by atoms with van der Waals surface area (Å²) in [6.07, 6.45) is 4.49. The van der Waals surface area contributed by atoms with E-state index in [1.54, 1.807) is 22.8 Å². The number of fused-ring (bicyclic) bond motifs is 1. The second-order valence-corrected chi connectivity index (χ2v) is 10.2. The molecule has 0 aliphatic heterocycles. The standard InChI is InChI=1S/C31H32FN7O/c1-19-9-11-24(17-23(19)16-20(2)38(4)5)35-31-33-14-13-26(36-31)29-28-8-6-7-15-39(28)37-30(29)22-10-12-25(32)27(18-22)34-21(3)40/h6-15,17-18,20H,16H2,1-5H3,(H,34,40)(H,33,35,36). The Bertz CT molecular complexity index is 1700. The number of hydrogen-bond acceptors (Lipinski definition) is 6. The summed E-state index contributed by atoms with van der Waals surface area (Å²) < 4.78 is 16.2. The Kier molecular flexibility index (Phi) is 7.57. The smallest absolute Gasteiger partial charge is 0.227 e. The number of benzene rings is 2. The predicted molar refractivity (Wildman–Crippen MR) is 157 cm³/mol. The molecule has 1 unspecified atom stereocenters. The molecule has 1 amide bonds. The van der Waals surface area contributed by atoms with Crippen LogP contribution < -0.4 is 10.6 Å². The zero-order valence-electron chi connectivity index (χ0n) is 23.2. The molecule has 1 atom stereocenters. The average Bonchev–Trinajstić information content (AvgIpc) is 3.31. The van der Waals surface area contributed by atoms with Gasteiger partial charge in [-0.1, -0.05) is 12.1 Å². The molecule has 3 heterocycles. The Hall–Kier alpha value is -4.63. The van der Waals surface area contributed by atoms with Crippen molar-refractivity contribution in [2.45, 2.75) is 33.2 Å². The fraction of sp³-hybridized carbons (Fsp3) is 0.226. The van der Waals surface area contributed by atoms with Gasteiger partial charge in [0.2, 0.25) is 11.9 Å². The van der Waals surface area contributed by atoms with E-state index in [-0.39, 0.29) is 11.6 Å².